The molecule has 4 N–H and O–H groups in total. The van der Waals surface area contributed by atoms with E-state index < -0.39 is 21.9 Å². The maximum Gasteiger partial charge on any atom is 1.00 e. The minimum atomic E-state index is -4.22. The van der Waals surface area contributed by atoms with E-state index in [0.717, 1.165) is 6.20 Å². The normalized spacial score (nSPS) is 10.8. The predicted molar refractivity (Wildman–Crippen MR) is 64.9 cm³/mol. The molecule has 0 atom stereocenters. The van der Waals surface area contributed by atoms with E-state index in [1.165, 1.54) is 24.4 Å². The summed E-state index contributed by atoms with van der Waals surface area (Å²) in [6, 6.07) is 4.27. The van der Waals surface area contributed by atoms with Gasteiger partial charge in [0.25, 0.3) is 0 Å². The second-order valence-electron chi connectivity index (χ2n) is 3.68. The molecule has 0 aromatic carbocycles. The average Bonchev–Trinajstić information content (AvgIpc) is 2.74. The largest absolute Gasteiger partial charge is 1.00 e. The van der Waals surface area contributed by atoms with E-state index in [9.17, 15) is 18.3 Å². The van der Waals surface area contributed by atoms with Crippen LogP contribution in [-0.2, 0) is 10.2 Å². The molecule has 0 fully saturated rings. The number of carboxylic acids is 1. The van der Waals surface area contributed by atoms with Crippen LogP contribution in [0.2, 0.25) is 0 Å². The molecule has 0 amide bonds. The van der Waals surface area contributed by atoms with Gasteiger partial charge in [0.1, 0.15) is 5.82 Å². The van der Waals surface area contributed by atoms with Gasteiger partial charge in [0.05, 0.1) is 11.7 Å². The van der Waals surface area contributed by atoms with Gasteiger partial charge in [-0.2, -0.15) is 8.42 Å². The molecule has 2 heterocycles. The Kier molecular flexibility index (Phi) is 4.95. The van der Waals surface area contributed by atoms with Crippen molar-refractivity contribution >= 4 is 22.0 Å². The number of hydrogen-bond acceptors (Lipinski definition) is 6. The molecule has 100 valence electrons. The van der Waals surface area contributed by atoms with Crippen molar-refractivity contribution in [3.8, 4) is 11.1 Å². The number of aromatic nitrogens is 2. The summed E-state index contributed by atoms with van der Waals surface area (Å²) in [7, 11) is -4.22. The summed E-state index contributed by atoms with van der Waals surface area (Å²) >= 11 is 0. The molecule has 10 heteroatoms. The molecule has 0 aliphatic rings. The maximum atomic E-state index is 11.3. The first-order valence-electron chi connectivity index (χ1n) is 4.98. The number of nitrogens with two attached hydrogens (primary N) is 2. The number of nitrogens with zero attached hydrogens (tertiary/aromatic N) is 2. The first kappa shape index (κ1) is 16.7. The average molecular weight is 304 g/mol. The number of carboxylic acid groups (broad SMARTS) is 1. The van der Waals surface area contributed by atoms with E-state index in [1.54, 1.807) is 0 Å². The Morgan fingerprint density at radius 1 is 1.30 bits per heavy atom. The second kappa shape index (κ2) is 5.94. The molecule has 0 saturated carbocycles. The summed E-state index contributed by atoms with van der Waals surface area (Å²) in [4.78, 5) is 14.9. The Balaban J connectivity index is 0.00000200. The number of anilines is 1. The molecule has 2 aromatic heterocycles. The molecule has 8 nitrogen and oxygen atoms in total. The summed E-state index contributed by atoms with van der Waals surface area (Å²) in [5, 5.41) is 16.0. The van der Waals surface area contributed by atoms with Crippen molar-refractivity contribution in [2.24, 2.45) is 5.14 Å². The van der Waals surface area contributed by atoms with E-state index in [0.29, 0.717) is 9.54 Å². The number of carbonyl (C=O) groups excluding carboxylic acids is 1. The van der Waals surface area contributed by atoms with Crippen LogP contribution in [0, 0.1) is 0 Å². The summed E-state index contributed by atoms with van der Waals surface area (Å²) in [5.74, 6) is -1.41. The molecule has 0 radical (unpaired) electrons. The molecule has 20 heavy (non-hydrogen) atoms. The molecule has 0 aliphatic heterocycles. The van der Waals surface area contributed by atoms with Crippen molar-refractivity contribution in [3.05, 3.63) is 36.3 Å². The minimum Gasteiger partial charge on any atom is -0.543 e. The van der Waals surface area contributed by atoms with Crippen molar-refractivity contribution in [1.29, 1.82) is 0 Å². The number of aromatic carboxylic acids is 1. The Morgan fingerprint density at radius 3 is 2.40 bits per heavy atom. The monoisotopic (exact) mass is 304 g/mol. The van der Waals surface area contributed by atoms with Crippen LogP contribution in [0.15, 0.2) is 30.6 Å². The van der Waals surface area contributed by atoms with Crippen LogP contribution < -0.4 is 45.5 Å². The van der Waals surface area contributed by atoms with Crippen molar-refractivity contribution in [3.63, 3.8) is 0 Å². The third kappa shape index (κ3) is 3.19. The van der Waals surface area contributed by atoms with Crippen LogP contribution in [0.25, 0.3) is 11.1 Å². The summed E-state index contributed by atoms with van der Waals surface area (Å²) < 4.78 is 23.0. The van der Waals surface area contributed by atoms with Gasteiger partial charge < -0.3 is 15.6 Å². The maximum absolute atomic E-state index is 11.3. The molecular formula is C10H9N4NaO4S. The van der Waals surface area contributed by atoms with Crippen molar-refractivity contribution in [2.75, 3.05) is 5.73 Å². The van der Waals surface area contributed by atoms with Gasteiger partial charge in [0.2, 0.25) is 0 Å². The van der Waals surface area contributed by atoms with E-state index in [1.807, 2.05) is 0 Å². The Labute approximate surface area is 136 Å². The number of carbonyl (C=O) groups is 1. The molecular weight excluding hydrogens is 295 g/mol. The molecule has 0 unspecified atom stereocenters. The third-order valence-electron chi connectivity index (χ3n) is 2.42. The Hall–Kier alpha value is -1.39. The summed E-state index contributed by atoms with van der Waals surface area (Å²) in [6.45, 7) is 0. The van der Waals surface area contributed by atoms with Gasteiger partial charge in [-0.05, 0) is 18.2 Å². The molecule has 2 rings (SSSR count). The van der Waals surface area contributed by atoms with E-state index >= 15 is 0 Å². The molecule has 0 saturated heterocycles. The minimum absolute atomic E-state index is 0. The van der Waals surface area contributed by atoms with Crippen LogP contribution in [0.1, 0.15) is 10.5 Å². The number of pyridine rings is 1. The number of nitrogen functional groups attached to an aromatic ring is 1. The van der Waals surface area contributed by atoms with E-state index in [4.69, 9.17) is 10.9 Å². The zero-order valence-electron chi connectivity index (χ0n) is 10.5. The quantitative estimate of drug-likeness (QED) is 0.547. The van der Waals surface area contributed by atoms with Crippen LogP contribution in [0.4, 0.5) is 5.82 Å². The fraction of sp³-hybridized carbons (Fsp3) is 0. The fourth-order valence-electron chi connectivity index (χ4n) is 1.62. The van der Waals surface area contributed by atoms with Crippen molar-refractivity contribution < 1.29 is 47.9 Å². The standard InChI is InChI=1S/C10H10N4O4S.Na/c11-8-2-1-6(5-13-8)7-3-4-14(19(12,17)18)9(7)10(15)16;/h1-5H,(H2,11,13)(H,15,16)(H2,12,17,18);/q;+1/p-1. The number of hydrogen-bond donors (Lipinski definition) is 2. The van der Waals surface area contributed by atoms with Crippen LogP contribution in [0.5, 0.6) is 0 Å². The summed E-state index contributed by atoms with van der Waals surface area (Å²) in [6.07, 6.45) is 2.36. The van der Waals surface area contributed by atoms with Crippen molar-refractivity contribution in [2.45, 2.75) is 0 Å². The Bertz CT molecular complexity index is 739. The number of rotatable bonds is 3. The zero-order chi connectivity index (χ0) is 14.2. The van der Waals surface area contributed by atoms with E-state index in [-0.39, 0.29) is 40.9 Å². The van der Waals surface area contributed by atoms with Gasteiger partial charge in [0, 0.05) is 23.5 Å². The molecule has 0 aliphatic carbocycles. The van der Waals surface area contributed by atoms with E-state index in [2.05, 4.69) is 4.98 Å². The molecule has 0 spiro atoms. The molecule has 2 aromatic rings. The van der Waals surface area contributed by atoms with Gasteiger partial charge in [-0.25, -0.2) is 14.1 Å². The summed E-state index contributed by atoms with van der Waals surface area (Å²) in [5.41, 5.74) is 5.37. The first-order valence-corrected chi connectivity index (χ1v) is 6.49. The van der Waals surface area contributed by atoms with Gasteiger partial charge in [0.15, 0.2) is 0 Å². The predicted octanol–water partition coefficient (Wildman–Crippen LogP) is -4.45. The van der Waals surface area contributed by atoms with Gasteiger partial charge in [-0.15, -0.1) is 0 Å². The zero-order valence-corrected chi connectivity index (χ0v) is 13.3. The van der Waals surface area contributed by atoms with Crippen LogP contribution in [0.3, 0.4) is 0 Å². The fourth-order valence-corrected chi connectivity index (χ4v) is 2.28. The SMILES string of the molecule is Nc1ccc(-c2ccn(S(N)(=O)=O)c2C(=O)[O-])cn1.[Na+]. The van der Waals surface area contributed by atoms with Gasteiger partial charge >= 0.3 is 39.8 Å². The third-order valence-corrected chi connectivity index (χ3v) is 3.27. The van der Waals surface area contributed by atoms with Crippen LogP contribution >= 0.6 is 0 Å². The Morgan fingerprint density at radius 2 is 1.95 bits per heavy atom. The second-order valence-corrected chi connectivity index (χ2v) is 5.10. The van der Waals surface area contributed by atoms with Gasteiger partial charge in [-0.3, -0.25) is 0 Å². The van der Waals surface area contributed by atoms with Gasteiger partial charge in [-0.1, -0.05) is 0 Å². The van der Waals surface area contributed by atoms with Crippen molar-refractivity contribution in [1.82, 2.24) is 8.96 Å². The molecule has 0 bridgehead atoms. The first-order chi connectivity index (χ1) is 8.80. The smallest absolute Gasteiger partial charge is 0.543 e. The topological polar surface area (TPSA) is 144 Å². The van der Waals surface area contributed by atoms with Crippen LogP contribution in [-0.4, -0.2) is 23.3 Å².